The van der Waals surface area contributed by atoms with Crippen molar-refractivity contribution in [2.24, 2.45) is 0 Å². The number of anilines is 1. The number of ketones is 1. The van der Waals surface area contributed by atoms with Gasteiger partial charge in [-0.25, -0.2) is 9.78 Å². The van der Waals surface area contributed by atoms with E-state index in [4.69, 9.17) is 10.2 Å². The van der Waals surface area contributed by atoms with Gasteiger partial charge in [-0.3, -0.25) is 4.79 Å². The maximum absolute atomic E-state index is 12.0. The lowest BCUT2D eigenvalue weighted by molar-refractivity contribution is 0.0703. The van der Waals surface area contributed by atoms with Crippen LogP contribution in [0.15, 0.2) is 22.8 Å². The maximum atomic E-state index is 12.0. The van der Waals surface area contributed by atoms with E-state index in [1.54, 1.807) is 19.1 Å². The number of furan rings is 1. The predicted octanol–water partition coefficient (Wildman–Crippen LogP) is 3.35. The summed E-state index contributed by atoms with van der Waals surface area (Å²) in [5.74, 6) is -0.837. The summed E-state index contributed by atoms with van der Waals surface area (Å²) in [4.78, 5) is 28.2. The summed E-state index contributed by atoms with van der Waals surface area (Å²) in [5.41, 5.74) is 7.52. The van der Waals surface area contributed by atoms with Gasteiger partial charge in [0.25, 0.3) is 0 Å². The fourth-order valence-corrected chi connectivity index (χ4v) is 3.51. The lowest BCUT2D eigenvalue weighted by Crippen LogP contribution is -2.03. The average Bonchev–Trinajstić information content (AvgIpc) is 3.05. The summed E-state index contributed by atoms with van der Waals surface area (Å²) in [5, 5.41) is 9.70. The van der Waals surface area contributed by atoms with Crippen LogP contribution in [0.2, 0.25) is 0 Å². The van der Waals surface area contributed by atoms with Crippen molar-refractivity contribution < 1.29 is 19.1 Å². The number of nitrogen functional groups attached to an aromatic ring is 1. The van der Waals surface area contributed by atoms with E-state index >= 15 is 0 Å². The Morgan fingerprint density at radius 2 is 2.14 bits per heavy atom. The normalized spacial score (nSPS) is 11.0. The van der Waals surface area contributed by atoms with Crippen LogP contribution in [0, 0.1) is 6.92 Å². The number of nitrogens with two attached hydrogens (primary N) is 1. The van der Waals surface area contributed by atoms with Gasteiger partial charge < -0.3 is 15.3 Å². The minimum absolute atomic E-state index is 0.00964. The van der Waals surface area contributed by atoms with Crippen molar-refractivity contribution in [2.75, 3.05) is 5.73 Å². The zero-order chi connectivity index (χ0) is 16.0. The number of aryl methyl sites for hydroxylation is 1. The molecule has 3 heterocycles. The summed E-state index contributed by atoms with van der Waals surface area (Å²) in [6.07, 6.45) is 1.49. The van der Waals surface area contributed by atoms with Gasteiger partial charge >= 0.3 is 5.97 Å². The highest BCUT2D eigenvalue weighted by Crippen LogP contribution is 2.42. The minimum Gasteiger partial charge on any atom is -0.477 e. The Kier molecular flexibility index (Phi) is 3.22. The number of carbonyl (C=O) groups excluding carboxylic acids is 1. The van der Waals surface area contributed by atoms with Gasteiger partial charge in [0.1, 0.15) is 15.5 Å². The van der Waals surface area contributed by atoms with Crippen LogP contribution in [-0.2, 0) is 0 Å². The maximum Gasteiger partial charge on any atom is 0.348 e. The molecule has 0 fully saturated rings. The molecule has 22 heavy (non-hydrogen) atoms. The van der Waals surface area contributed by atoms with Crippen molar-refractivity contribution >= 4 is 39.0 Å². The SMILES string of the molecule is CC(=O)c1c(C)nc2sc(C(=O)O)c(N)c2c1-c1ccco1. The molecule has 3 N–H and O–H groups in total. The number of Topliss-reactive ketones (excluding diaryl/α,β-unsaturated/α-hetero) is 1. The highest BCUT2D eigenvalue weighted by atomic mass is 32.1. The summed E-state index contributed by atoms with van der Waals surface area (Å²) in [7, 11) is 0. The van der Waals surface area contributed by atoms with Crippen molar-refractivity contribution in [3.05, 3.63) is 34.5 Å². The van der Waals surface area contributed by atoms with Crippen molar-refractivity contribution in [2.45, 2.75) is 13.8 Å². The van der Waals surface area contributed by atoms with Crippen molar-refractivity contribution in [3.63, 3.8) is 0 Å². The first-order chi connectivity index (χ1) is 10.4. The monoisotopic (exact) mass is 316 g/mol. The number of nitrogens with zero attached hydrogens (tertiary/aromatic N) is 1. The first kappa shape index (κ1) is 14.3. The van der Waals surface area contributed by atoms with E-state index in [9.17, 15) is 14.7 Å². The number of carboxylic acids is 1. The minimum atomic E-state index is -1.12. The largest absolute Gasteiger partial charge is 0.477 e. The van der Waals surface area contributed by atoms with Gasteiger partial charge in [0.05, 0.1) is 23.2 Å². The van der Waals surface area contributed by atoms with Crippen LogP contribution in [0.4, 0.5) is 5.69 Å². The number of carbonyl (C=O) groups is 2. The Bertz CT molecular complexity index is 910. The molecule has 0 radical (unpaired) electrons. The van der Waals surface area contributed by atoms with Crippen LogP contribution in [0.5, 0.6) is 0 Å². The molecule has 0 spiro atoms. The lowest BCUT2D eigenvalue weighted by atomic mass is 9.97. The standard InChI is InChI=1S/C15H12N2O4S/c1-6-9(7(2)18)10(8-4-3-5-21-8)11-12(16)13(15(19)20)22-14(11)17-6/h3-5H,16H2,1-2H3,(H,19,20). The molecule has 112 valence electrons. The van der Waals surface area contributed by atoms with Crippen LogP contribution < -0.4 is 5.73 Å². The highest BCUT2D eigenvalue weighted by molar-refractivity contribution is 7.21. The number of aromatic nitrogens is 1. The Morgan fingerprint density at radius 1 is 1.41 bits per heavy atom. The molecule has 0 atom stereocenters. The molecule has 6 nitrogen and oxygen atoms in total. The molecule has 0 aliphatic carbocycles. The number of fused-ring (bicyclic) bond motifs is 1. The number of hydrogen-bond acceptors (Lipinski definition) is 6. The molecular formula is C15H12N2O4S. The third-order valence-corrected chi connectivity index (χ3v) is 4.46. The van der Waals surface area contributed by atoms with Gasteiger partial charge in [0.15, 0.2) is 5.78 Å². The average molecular weight is 316 g/mol. The van der Waals surface area contributed by atoms with Crippen LogP contribution in [0.1, 0.15) is 32.6 Å². The van der Waals surface area contributed by atoms with Gasteiger partial charge in [0.2, 0.25) is 0 Å². The molecule has 3 rings (SSSR count). The topological polar surface area (TPSA) is 106 Å². The number of thiophene rings is 1. The van der Waals surface area contributed by atoms with E-state index in [-0.39, 0.29) is 16.3 Å². The molecule has 0 unspecified atom stereocenters. The van der Waals surface area contributed by atoms with Crippen molar-refractivity contribution in [1.82, 2.24) is 4.98 Å². The van der Waals surface area contributed by atoms with Gasteiger partial charge in [-0.2, -0.15) is 0 Å². The van der Waals surface area contributed by atoms with E-state index in [0.717, 1.165) is 11.3 Å². The number of pyridine rings is 1. The Morgan fingerprint density at radius 3 is 2.68 bits per heavy atom. The second kappa shape index (κ2) is 4.96. The van der Waals surface area contributed by atoms with E-state index in [0.29, 0.717) is 32.8 Å². The third-order valence-electron chi connectivity index (χ3n) is 3.37. The Labute approximate surface area is 129 Å². The van der Waals surface area contributed by atoms with Gasteiger partial charge in [-0.1, -0.05) is 0 Å². The molecule has 3 aromatic rings. The quantitative estimate of drug-likeness (QED) is 0.718. The van der Waals surface area contributed by atoms with E-state index in [1.165, 1.54) is 13.2 Å². The van der Waals surface area contributed by atoms with Gasteiger partial charge in [-0.15, -0.1) is 11.3 Å². The highest BCUT2D eigenvalue weighted by Gasteiger charge is 2.26. The molecular weight excluding hydrogens is 304 g/mol. The lowest BCUT2D eigenvalue weighted by Gasteiger charge is -2.10. The fourth-order valence-electron chi connectivity index (χ4n) is 2.52. The molecule has 3 aromatic heterocycles. The second-order valence-corrected chi connectivity index (χ2v) is 5.81. The zero-order valence-electron chi connectivity index (χ0n) is 11.8. The van der Waals surface area contributed by atoms with E-state index < -0.39 is 5.97 Å². The summed E-state index contributed by atoms with van der Waals surface area (Å²) < 4.78 is 5.42. The molecule has 0 aliphatic heterocycles. The third kappa shape index (κ3) is 1.98. The number of aromatic carboxylic acids is 1. The van der Waals surface area contributed by atoms with Crippen LogP contribution in [-0.4, -0.2) is 21.8 Å². The second-order valence-electron chi connectivity index (χ2n) is 4.81. The Hall–Kier alpha value is -2.67. The van der Waals surface area contributed by atoms with Gasteiger partial charge in [0, 0.05) is 10.9 Å². The summed E-state index contributed by atoms with van der Waals surface area (Å²) in [6.45, 7) is 3.14. The van der Waals surface area contributed by atoms with Gasteiger partial charge in [-0.05, 0) is 26.0 Å². The molecule has 0 saturated carbocycles. The summed E-state index contributed by atoms with van der Waals surface area (Å²) in [6, 6.07) is 3.40. The molecule has 0 bridgehead atoms. The zero-order valence-corrected chi connectivity index (χ0v) is 12.7. The van der Waals surface area contributed by atoms with E-state index in [2.05, 4.69) is 4.98 Å². The molecule has 0 aromatic carbocycles. The fraction of sp³-hybridized carbons (Fsp3) is 0.133. The van der Waals surface area contributed by atoms with Crippen molar-refractivity contribution in [1.29, 1.82) is 0 Å². The summed E-state index contributed by atoms with van der Waals surface area (Å²) >= 11 is 0.989. The smallest absolute Gasteiger partial charge is 0.348 e. The van der Waals surface area contributed by atoms with Crippen molar-refractivity contribution in [3.8, 4) is 11.3 Å². The molecule has 0 amide bonds. The molecule has 0 saturated heterocycles. The number of hydrogen-bond donors (Lipinski definition) is 2. The number of carboxylic acid groups (broad SMARTS) is 1. The van der Waals surface area contributed by atoms with Crippen LogP contribution in [0.3, 0.4) is 0 Å². The van der Waals surface area contributed by atoms with Crippen LogP contribution >= 0.6 is 11.3 Å². The predicted molar refractivity (Wildman–Crippen MR) is 83.4 cm³/mol. The van der Waals surface area contributed by atoms with Crippen LogP contribution in [0.25, 0.3) is 21.5 Å². The first-order valence-electron chi connectivity index (χ1n) is 6.42. The number of rotatable bonds is 3. The molecule has 0 aliphatic rings. The Balaban J connectivity index is 2.53. The van der Waals surface area contributed by atoms with E-state index in [1.807, 2.05) is 0 Å². The molecule has 7 heteroatoms. The first-order valence-corrected chi connectivity index (χ1v) is 7.24.